The van der Waals surface area contributed by atoms with Gasteiger partial charge < -0.3 is 10.6 Å². The van der Waals surface area contributed by atoms with Gasteiger partial charge in [0, 0.05) is 11.3 Å². The maximum Gasteiger partial charge on any atom is 0.322 e. The average Bonchev–Trinajstić information content (AvgIpc) is 3.22. The van der Waals surface area contributed by atoms with Crippen molar-refractivity contribution in [2.45, 2.75) is 19.4 Å². The predicted octanol–water partition coefficient (Wildman–Crippen LogP) is 3.43. The summed E-state index contributed by atoms with van der Waals surface area (Å²) in [6, 6.07) is 16.0. The summed E-state index contributed by atoms with van der Waals surface area (Å²) in [5.74, 6) is -0.707. The number of aryl methyl sites for hydroxylation is 1. The summed E-state index contributed by atoms with van der Waals surface area (Å²) in [6.45, 7) is 3.42. The second-order valence-corrected chi connectivity index (χ2v) is 7.87. The van der Waals surface area contributed by atoms with E-state index in [2.05, 4.69) is 20.9 Å². The molecular formula is C21H18N4O3S. The van der Waals surface area contributed by atoms with E-state index in [0.29, 0.717) is 21.8 Å². The number of amides is 4. The first-order chi connectivity index (χ1) is 13.9. The zero-order valence-electron chi connectivity index (χ0n) is 15.8. The van der Waals surface area contributed by atoms with E-state index in [1.807, 2.05) is 30.3 Å². The van der Waals surface area contributed by atoms with Crippen molar-refractivity contribution in [2.75, 3.05) is 5.32 Å². The van der Waals surface area contributed by atoms with Crippen LogP contribution in [-0.4, -0.2) is 22.8 Å². The Kier molecular flexibility index (Phi) is 4.63. The Morgan fingerprint density at radius 2 is 1.86 bits per heavy atom. The van der Waals surface area contributed by atoms with E-state index in [4.69, 9.17) is 0 Å². The molecule has 4 rings (SSSR count). The zero-order chi connectivity index (χ0) is 20.6. The molecule has 0 aliphatic carbocycles. The molecule has 1 fully saturated rings. The van der Waals surface area contributed by atoms with Crippen molar-refractivity contribution in [1.82, 2.24) is 15.6 Å². The maximum atomic E-state index is 12.8. The Bertz CT molecular complexity index is 1130. The number of nitrogens with one attached hydrogen (secondary N) is 3. The van der Waals surface area contributed by atoms with E-state index >= 15 is 0 Å². The standard InChI is InChI=1S/C21H18N4O3S/c1-12-16(29-18(22-12)13-7-4-3-5-8-13)17(26)23-15-10-6-9-14(11-15)21(2)19(27)24-20(28)25-21/h3-11H,1-2H3,(H,23,26)(H2,24,25,27,28). The third-order valence-electron chi connectivity index (χ3n) is 4.77. The molecule has 0 saturated carbocycles. The van der Waals surface area contributed by atoms with Gasteiger partial charge in [-0.2, -0.15) is 0 Å². The number of hydrogen-bond acceptors (Lipinski definition) is 5. The summed E-state index contributed by atoms with van der Waals surface area (Å²) in [5.41, 5.74) is 1.52. The highest BCUT2D eigenvalue weighted by atomic mass is 32.1. The fraction of sp³-hybridized carbons (Fsp3) is 0.143. The molecule has 1 saturated heterocycles. The van der Waals surface area contributed by atoms with E-state index in [9.17, 15) is 14.4 Å². The molecule has 8 heteroatoms. The summed E-state index contributed by atoms with van der Waals surface area (Å²) in [4.78, 5) is 41.5. The molecule has 3 aromatic rings. The van der Waals surface area contributed by atoms with Crippen molar-refractivity contribution >= 4 is 34.9 Å². The number of aromatic nitrogens is 1. The summed E-state index contributed by atoms with van der Waals surface area (Å²) in [7, 11) is 0. The van der Waals surface area contributed by atoms with Gasteiger partial charge in [0.25, 0.3) is 11.8 Å². The van der Waals surface area contributed by atoms with Gasteiger partial charge in [0.15, 0.2) is 0 Å². The van der Waals surface area contributed by atoms with Crippen LogP contribution in [0.2, 0.25) is 0 Å². The van der Waals surface area contributed by atoms with Gasteiger partial charge in [-0.25, -0.2) is 9.78 Å². The summed E-state index contributed by atoms with van der Waals surface area (Å²) < 4.78 is 0. The first-order valence-electron chi connectivity index (χ1n) is 8.95. The van der Waals surface area contributed by atoms with E-state index in [1.165, 1.54) is 11.3 Å². The number of anilines is 1. The topological polar surface area (TPSA) is 100 Å². The van der Waals surface area contributed by atoms with Gasteiger partial charge in [-0.3, -0.25) is 14.9 Å². The summed E-state index contributed by atoms with van der Waals surface area (Å²) in [5, 5.41) is 8.49. The normalized spacial score (nSPS) is 18.3. The molecule has 146 valence electrons. The molecule has 2 heterocycles. The minimum absolute atomic E-state index is 0.274. The predicted molar refractivity (Wildman–Crippen MR) is 111 cm³/mol. The number of nitrogens with zero attached hydrogens (tertiary/aromatic N) is 1. The lowest BCUT2D eigenvalue weighted by Gasteiger charge is -2.21. The minimum atomic E-state index is -1.18. The number of hydrogen-bond donors (Lipinski definition) is 3. The van der Waals surface area contributed by atoms with Crippen molar-refractivity contribution in [3.8, 4) is 10.6 Å². The van der Waals surface area contributed by atoms with Gasteiger partial charge in [-0.15, -0.1) is 11.3 Å². The molecule has 1 atom stereocenters. The molecule has 3 N–H and O–H groups in total. The number of imide groups is 1. The van der Waals surface area contributed by atoms with E-state index in [1.54, 1.807) is 38.1 Å². The van der Waals surface area contributed by atoms with Crippen molar-refractivity contribution in [1.29, 1.82) is 0 Å². The number of rotatable bonds is 4. The van der Waals surface area contributed by atoms with Gasteiger partial charge in [0.1, 0.15) is 15.4 Å². The smallest absolute Gasteiger partial charge is 0.321 e. The Balaban J connectivity index is 1.58. The van der Waals surface area contributed by atoms with E-state index < -0.39 is 17.5 Å². The molecule has 4 amide bonds. The number of carbonyl (C=O) groups is 3. The zero-order valence-corrected chi connectivity index (χ0v) is 16.6. The van der Waals surface area contributed by atoms with Crippen LogP contribution in [0.5, 0.6) is 0 Å². The number of urea groups is 1. The van der Waals surface area contributed by atoms with Crippen LogP contribution >= 0.6 is 11.3 Å². The largest absolute Gasteiger partial charge is 0.322 e. The molecule has 1 aliphatic heterocycles. The molecule has 1 aliphatic rings. The Morgan fingerprint density at radius 1 is 1.10 bits per heavy atom. The second-order valence-electron chi connectivity index (χ2n) is 6.87. The van der Waals surface area contributed by atoms with Gasteiger partial charge in [0.05, 0.1) is 5.69 Å². The third kappa shape index (κ3) is 3.50. The lowest BCUT2D eigenvalue weighted by molar-refractivity contribution is -0.123. The van der Waals surface area contributed by atoms with Crippen LogP contribution in [-0.2, 0) is 10.3 Å². The molecule has 1 aromatic heterocycles. The highest BCUT2D eigenvalue weighted by Gasteiger charge is 2.43. The first kappa shape index (κ1) is 18.8. The molecule has 2 aromatic carbocycles. The monoisotopic (exact) mass is 406 g/mol. The Labute approximate surface area is 171 Å². The van der Waals surface area contributed by atoms with Crippen LogP contribution < -0.4 is 16.0 Å². The average molecular weight is 406 g/mol. The fourth-order valence-electron chi connectivity index (χ4n) is 3.15. The van der Waals surface area contributed by atoms with Crippen LogP contribution in [0.4, 0.5) is 10.5 Å². The summed E-state index contributed by atoms with van der Waals surface area (Å²) in [6.07, 6.45) is 0. The quantitative estimate of drug-likeness (QED) is 0.578. The lowest BCUT2D eigenvalue weighted by Crippen LogP contribution is -2.40. The molecule has 7 nitrogen and oxygen atoms in total. The fourth-order valence-corrected chi connectivity index (χ4v) is 4.12. The molecular weight excluding hydrogens is 388 g/mol. The van der Waals surface area contributed by atoms with Crippen LogP contribution in [0, 0.1) is 6.92 Å². The third-order valence-corrected chi connectivity index (χ3v) is 5.97. The second kappa shape index (κ2) is 7.14. The SMILES string of the molecule is Cc1nc(-c2ccccc2)sc1C(=O)Nc1cccc(C2(C)NC(=O)NC2=O)c1. The Morgan fingerprint density at radius 3 is 2.55 bits per heavy atom. The minimum Gasteiger partial charge on any atom is -0.321 e. The molecule has 1 unspecified atom stereocenters. The molecule has 0 spiro atoms. The highest BCUT2D eigenvalue weighted by Crippen LogP contribution is 2.30. The lowest BCUT2D eigenvalue weighted by atomic mass is 9.92. The molecule has 0 bridgehead atoms. The van der Waals surface area contributed by atoms with E-state index in [0.717, 1.165) is 10.6 Å². The maximum absolute atomic E-state index is 12.8. The number of benzene rings is 2. The van der Waals surface area contributed by atoms with Crippen LogP contribution in [0.25, 0.3) is 10.6 Å². The van der Waals surface area contributed by atoms with Crippen LogP contribution in [0.3, 0.4) is 0 Å². The summed E-state index contributed by atoms with van der Waals surface area (Å²) >= 11 is 1.33. The van der Waals surface area contributed by atoms with Gasteiger partial charge in [0.2, 0.25) is 0 Å². The highest BCUT2D eigenvalue weighted by molar-refractivity contribution is 7.17. The van der Waals surface area contributed by atoms with Crippen molar-refractivity contribution in [2.24, 2.45) is 0 Å². The van der Waals surface area contributed by atoms with Gasteiger partial charge in [-0.05, 0) is 31.5 Å². The first-order valence-corrected chi connectivity index (χ1v) is 9.77. The number of carbonyl (C=O) groups excluding carboxylic acids is 3. The van der Waals surface area contributed by atoms with Crippen molar-refractivity contribution in [3.05, 3.63) is 70.7 Å². The number of thiazole rings is 1. The van der Waals surface area contributed by atoms with Crippen LogP contribution in [0.15, 0.2) is 54.6 Å². The molecule has 0 radical (unpaired) electrons. The van der Waals surface area contributed by atoms with Gasteiger partial charge in [-0.1, -0.05) is 42.5 Å². The van der Waals surface area contributed by atoms with Gasteiger partial charge >= 0.3 is 6.03 Å². The Hall–Kier alpha value is -3.52. The van der Waals surface area contributed by atoms with E-state index in [-0.39, 0.29) is 5.91 Å². The van der Waals surface area contributed by atoms with Crippen molar-refractivity contribution in [3.63, 3.8) is 0 Å². The van der Waals surface area contributed by atoms with Crippen LogP contribution in [0.1, 0.15) is 27.9 Å². The molecule has 29 heavy (non-hydrogen) atoms. The van der Waals surface area contributed by atoms with Crippen molar-refractivity contribution < 1.29 is 14.4 Å².